The minimum Gasteiger partial charge on any atom is -0.435 e. The Bertz CT molecular complexity index is 475. The van der Waals surface area contributed by atoms with Crippen molar-refractivity contribution >= 4 is 5.69 Å². The van der Waals surface area contributed by atoms with Crippen molar-refractivity contribution in [1.82, 2.24) is 0 Å². The Morgan fingerprint density at radius 2 is 2.00 bits per heavy atom. The fourth-order valence-electron chi connectivity index (χ4n) is 3.53. The molecule has 1 saturated heterocycles. The van der Waals surface area contributed by atoms with Crippen LogP contribution in [0.25, 0.3) is 0 Å². The Hall–Kier alpha value is -1.36. The van der Waals surface area contributed by atoms with Gasteiger partial charge in [0.05, 0.1) is 6.10 Å². The maximum Gasteiger partial charge on any atom is 0.387 e. The van der Waals surface area contributed by atoms with Crippen LogP contribution in [-0.4, -0.2) is 25.4 Å². The maximum atomic E-state index is 12.1. The zero-order valence-corrected chi connectivity index (χ0v) is 11.6. The SMILES string of the molecule is CC1(C)C(Nc2ccc(OC(F)F)cc2)C2CCOC21. The predicted octanol–water partition coefficient (Wildman–Crippen LogP) is 3.51. The highest BCUT2D eigenvalue weighted by Gasteiger charge is 2.59. The van der Waals surface area contributed by atoms with Crippen molar-refractivity contribution < 1.29 is 18.3 Å². The molecule has 1 aromatic rings. The predicted molar refractivity (Wildman–Crippen MR) is 72.1 cm³/mol. The fraction of sp³-hybridized carbons (Fsp3) is 0.600. The lowest BCUT2D eigenvalue weighted by molar-refractivity contribution is -0.0923. The molecule has 3 rings (SSSR count). The van der Waals surface area contributed by atoms with Gasteiger partial charge in [0.25, 0.3) is 0 Å². The molecule has 5 heteroatoms. The van der Waals surface area contributed by atoms with Gasteiger partial charge in [0.15, 0.2) is 0 Å². The van der Waals surface area contributed by atoms with Gasteiger partial charge in [-0.15, -0.1) is 0 Å². The first-order valence-electron chi connectivity index (χ1n) is 6.91. The molecular formula is C15H19F2NO2. The van der Waals surface area contributed by atoms with E-state index in [1.165, 1.54) is 0 Å². The van der Waals surface area contributed by atoms with Crippen LogP contribution in [-0.2, 0) is 4.74 Å². The Morgan fingerprint density at radius 3 is 2.65 bits per heavy atom. The maximum absolute atomic E-state index is 12.1. The Morgan fingerprint density at radius 1 is 1.30 bits per heavy atom. The molecule has 0 bridgehead atoms. The second-order valence-corrected chi connectivity index (χ2v) is 6.09. The van der Waals surface area contributed by atoms with Gasteiger partial charge in [-0.25, -0.2) is 0 Å². The summed E-state index contributed by atoms with van der Waals surface area (Å²) < 4.78 is 34.3. The molecule has 2 fully saturated rings. The molecule has 1 heterocycles. The van der Waals surface area contributed by atoms with Gasteiger partial charge in [-0.1, -0.05) is 13.8 Å². The van der Waals surface area contributed by atoms with Gasteiger partial charge >= 0.3 is 6.61 Å². The number of rotatable bonds is 4. The summed E-state index contributed by atoms with van der Waals surface area (Å²) in [6.07, 6.45) is 1.42. The molecule has 20 heavy (non-hydrogen) atoms. The quantitative estimate of drug-likeness (QED) is 0.917. The van der Waals surface area contributed by atoms with E-state index < -0.39 is 6.61 Å². The number of alkyl halides is 2. The van der Waals surface area contributed by atoms with Gasteiger partial charge in [0.1, 0.15) is 5.75 Å². The van der Waals surface area contributed by atoms with E-state index >= 15 is 0 Å². The molecule has 3 unspecified atom stereocenters. The molecule has 0 aromatic heterocycles. The van der Waals surface area contributed by atoms with Crippen LogP contribution >= 0.6 is 0 Å². The van der Waals surface area contributed by atoms with Crippen molar-refractivity contribution in [2.75, 3.05) is 11.9 Å². The third kappa shape index (κ3) is 2.24. The topological polar surface area (TPSA) is 30.5 Å². The minimum absolute atomic E-state index is 0.0965. The van der Waals surface area contributed by atoms with E-state index in [1.807, 2.05) is 0 Å². The molecule has 1 aromatic carbocycles. The number of hydrogen-bond acceptors (Lipinski definition) is 3. The first-order valence-corrected chi connectivity index (χ1v) is 6.91. The lowest BCUT2D eigenvalue weighted by atomic mass is 9.57. The van der Waals surface area contributed by atoms with Crippen molar-refractivity contribution in [3.8, 4) is 5.75 Å². The highest BCUT2D eigenvalue weighted by atomic mass is 19.3. The molecule has 0 radical (unpaired) electrons. The van der Waals surface area contributed by atoms with Crippen molar-refractivity contribution in [3.05, 3.63) is 24.3 Å². The highest BCUT2D eigenvalue weighted by Crippen LogP contribution is 2.53. The molecule has 0 spiro atoms. The Kier molecular flexibility index (Phi) is 3.32. The van der Waals surface area contributed by atoms with Crippen molar-refractivity contribution in [1.29, 1.82) is 0 Å². The third-order valence-corrected chi connectivity index (χ3v) is 4.50. The Balaban J connectivity index is 1.66. The summed E-state index contributed by atoms with van der Waals surface area (Å²) in [5.74, 6) is 0.725. The zero-order valence-electron chi connectivity index (χ0n) is 11.6. The van der Waals surface area contributed by atoms with Crippen LogP contribution in [0.4, 0.5) is 14.5 Å². The first kappa shape index (κ1) is 13.6. The van der Waals surface area contributed by atoms with Crippen LogP contribution < -0.4 is 10.1 Å². The van der Waals surface area contributed by atoms with E-state index in [2.05, 4.69) is 23.9 Å². The molecule has 0 amide bonds. The first-order chi connectivity index (χ1) is 9.48. The lowest BCUT2D eigenvalue weighted by Crippen LogP contribution is -2.63. The summed E-state index contributed by atoms with van der Waals surface area (Å²) in [7, 11) is 0. The number of fused-ring (bicyclic) bond motifs is 1. The largest absolute Gasteiger partial charge is 0.435 e. The smallest absolute Gasteiger partial charge is 0.387 e. The van der Waals surface area contributed by atoms with Gasteiger partial charge in [0, 0.05) is 29.7 Å². The molecule has 1 saturated carbocycles. The lowest BCUT2D eigenvalue weighted by Gasteiger charge is -2.55. The van der Waals surface area contributed by atoms with Crippen molar-refractivity contribution in [3.63, 3.8) is 0 Å². The molecule has 3 atom stereocenters. The number of halogens is 2. The summed E-state index contributed by atoms with van der Waals surface area (Å²) >= 11 is 0. The summed E-state index contributed by atoms with van der Waals surface area (Å²) in [5, 5.41) is 3.50. The molecule has 1 aliphatic heterocycles. The van der Waals surface area contributed by atoms with E-state index in [4.69, 9.17) is 4.74 Å². The molecular weight excluding hydrogens is 264 g/mol. The standard InChI is InChI=1S/C15H19F2NO2/c1-15(2)12(11-7-8-19-13(11)15)18-9-3-5-10(6-4-9)20-14(16)17/h3-6,11-14,18H,7-8H2,1-2H3. The molecule has 2 aliphatic rings. The number of nitrogens with one attached hydrogen (secondary N) is 1. The van der Waals surface area contributed by atoms with Gasteiger partial charge in [-0.2, -0.15) is 8.78 Å². The number of benzene rings is 1. The van der Waals surface area contributed by atoms with Gasteiger partial charge < -0.3 is 14.8 Å². The minimum atomic E-state index is -2.78. The van der Waals surface area contributed by atoms with Crippen molar-refractivity contribution in [2.24, 2.45) is 11.3 Å². The molecule has 1 N–H and O–H groups in total. The molecule has 1 aliphatic carbocycles. The average Bonchev–Trinajstić information content (AvgIpc) is 2.84. The second-order valence-electron chi connectivity index (χ2n) is 6.09. The monoisotopic (exact) mass is 283 g/mol. The third-order valence-electron chi connectivity index (χ3n) is 4.50. The average molecular weight is 283 g/mol. The van der Waals surface area contributed by atoms with Crippen LogP contribution in [0.5, 0.6) is 5.75 Å². The second kappa shape index (κ2) is 4.88. The Labute approximate surface area is 117 Å². The number of anilines is 1. The normalized spacial score (nSPS) is 30.8. The summed E-state index contributed by atoms with van der Waals surface area (Å²) in [6, 6.07) is 7.02. The van der Waals surface area contributed by atoms with Gasteiger partial charge in [-0.3, -0.25) is 0 Å². The van der Waals surface area contributed by atoms with Gasteiger partial charge in [0.2, 0.25) is 0 Å². The van der Waals surface area contributed by atoms with Crippen LogP contribution in [0.15, 0.2) is 24.3 Å². The van der Waals surface area contributed by atoms with Gasteiger partial charge in [-0.05, 0) is 30.7 Å². The van der Waals surface area contributed by atoms with Crippen molar-refractivity contribution in [2.45, 2.75) is 39.0 Å². The van der Waals surface area contributed by atoms with Crippen LogP contribution in [0.3, 0.4) is 0 Å². The fourth-order valence-corrected chi connectivity index (χ4v) is 3.53. The molecule has 110 valence electrons. The highest BCUT2D eigenvalue weighted by molar-refractivity contribution is 5.48. The summed E-state index contributed by atoms with van der Waals surface area (Å²) in [5.41, 5.74) is 1.02. The van der Waals surface area contributed by atoms with E-state index in [0.717, 1.165) is 18.7 Å². The van der Waals surface area contributed by atoms with E-state index in [0.29, 0.717) is 18.1 Å². The van der Waals surface area contributed by atoms with E-state index in [1.54, 1.807) is 24.3 Å². The number of hydrogen-bond donors (Lipinski definition) is 1. The summed E-state index contributed by atoms with van der Waals surface area (Å²) in [4.78, 5) is 0. The number of ether oxygens (including phenoxy) is 2. The van der Waals surface area contributed by atoms with Crippen LogP contribution in [0.1, 0.15) is 20.3 Å². The van der Waals surface area contributed by atoms with E-state index in [-0.39, 0.29) is 11.2 Å². The summed E-state index contributed by atoms with van der Waals surface area (Å²) in [6.45, 7) is 2.45. The molecule has 3 nitrogen and oxygen atoms in total. The zero-order chi connectivity index (χ0) is 14.3. The van der Waals surface area contributed by atoms with E-state index in [9.17, 15) is 8.78 Å². The van der Waals surface area contributed by atoms with Crippen LogP contribution in [0, 0.1) is 11.3 Å². The van der Waals surface area contributed by atoms with Crippen LogP contribution in [0.2, 0.25) is 0 Å².